The summed E-state index contributed by atoms with van der Waals surface area (Å²) in [5.41, 5.74) is 0.900. The van der Waals surface area contributed by atoms with Crippen molar-refractivity contribution in [1.82, 2.24) is 15.0 Å². The average molecular weight is 299 g/mol. The van der Waals surface area contributed by atoms with E-state index in [0.29, 0.717) is 29.0 Å². The van der Waals surface area contributed by atoms with Crippen molar-refractivity contribution in [1.29, 1.82) is 0 Å². The summed E-state index contributed by atoms with van der Waals surface area (Å²) in [6.07, 6.45) is 6.47. The molecule has 0 amide bonds. The van der Waals surface area contributed by atoms with Gasteiger partial charge in [0, 0.05) is 0 Å². The number of aromatic nitrogens is 3. The van der Waals surface area contributed by atoms with Gasteiger partial charge in [-0.05, 0) is 30.9 Å². The number of para-hydroxylation sites is 1. The molecule has 5 heteroatoms. The molecule has 1 fully saturated rings. The lowest BCUT2D eigenvalue weighted by atomic mass is 9.87. The fourth-order valence-corrected chi connectivity index (χ4v) is 3.17. The highest BCUT2D eigenvalue weighted by Crippen LogP contribution is 2.31. The standard InChI is InChI=1S/C17H21N3O2/c1-12-6-5-7-13(10-12)20-11-15(18-19-20)17(21)14-8-3-4-9-16(14)22-2/h3-4,8-9,11-13H,5-7,10H2,1-2H3. The Morgan fingerprint density at radius 3 is 2.91 bits per heavy atom. The highest BCUT2D eigenvalue weighted by molar-refractivity contribution is 6.09. The van der Waals surface area contributed by atoms with Gasteiger partial charge in [0.05, 0.1) is 24.9 Å². The van der Waals surface area contributed by atoms with E-state index >= 15 is 0 Å². The van der Waals surface area contributed by atoms with Crippen molar-refractivity contribution in [3.63, 3.8) is 0 Å². The summed E-state index contributed by atoms with van der Waals surface area (Å²) in [5.74, 6) is 1.12. The second-order valence-electron chi connectivity index (χ2n) is 6.04. The minimum Gasteiger partial charge on any atom is -0.496 e. The van der Waals surface area contributed by atoms with Crippen LogP contribution >= 0.6 is 0 Å². The molecule has 1 aromatic heterocycles. The number of benzene rings is 1. The van der Waals surface area contributed by atoms with E-state index in [-0.39, 0.29) is 5.78 Å². The minimum absolute atomic E-state index is 0.146. The Bertz CT molecular complexity index is 665. The summed E-state index contributed by atoms with van der Waals surface area (Å²) in [7, 11) is 1.56. The van der Waals surface area contributed by atoms with Crippen LogP contribution in [0.3, 0.4) is 0 Å². The zero-order chi connectivity index (χ0) is 15.5. The van der Waals surface area contributed by atoms with E-state index in [0.717, 1.165) is 12.8 Å². The minimum atomic E-state index is -0.146. The Morgan fingerprint density at radius 2 is 2.14 bits per heavy atom. The van der Waals surface area contributed by atoms with Crippen LogP contribution in [0.25, 0.3) is 0 Å². The molecule has 0 saturated heterocycles. The van der Waals surface area contributed by atoms with E-state index in [1.807, 2.05) is 16.8 Å². The maximum absolute atomic E-state index is 12.6. The number of hydrogen-bond acceptors (Lipinski definition) is 4. The van der Waals surface area contributed by atoms with Crippen LogP contribution in [-0.2, 0) is 0 Å². The van der Waals surface area contributed by atoms with Gasteiger partial charge in [-0.2, -0.15) is 0 Å². The van der Waals surface area contributed by atoms with Gasteiger partial charge in [0.1, 0.15) is 5.75 Å². The fourth-order valence-electron chi connectivity index (χ4n) is 3.17. The van der Waals surface area contributed by atoms with Crippen molar-refractivity contribution < 1.29 is 9.53 Å². The van der Waals surface area contributed by atoms with Crippen LogP contribution in [0.2, 0.25) is 0 Å². The molecule has 1 aliphatic rings. The Hall–Kier alpha value is -2.17. The molecule has 5 nitrogen and oxygen atoms in total. The van der Waals surface area contributed by atoms with Gasteiger partial charge in [0.25, 0.3) is 0 Å². The lowest BCUT2D eigenvalue weighted by molar-refractivity contribution is 0.103. The number of carbonyl (C=O) groups excluding carboxylic acids is 1. The predicted molar refractivity (Wildman–Crippen MR) is 83.1 cm³/mol. The Labute approximate surface area is 130 Å². The van der Waals surface area contributed by atoms with Crippen LogP contribution in [0.4, 0.5) is 0 Å². The third kappa shape index (κ3) is 2.89. The monoisotopic (exact) mass is 299 g/mol. The highest BCUT2D eigenvalue weighted by atomic mass is 16.5. The summed E-state index contributed by atoms with van der Waals surface area (Å²) >= 11 is 0. The molecule has 0 N–H and O–H groups in total. The summed E-state index contributed by atoms with van der Waals surface area (Å²) in [4.78, 5) is 12.6. The van der Waals surface area contributed by atoms with Crippen LogP contribution in [0.1, 0.15) is 54.7 Å². The smallest absolute Gasteiger partial charge is 0.218 e. The first-order valence-corrected chi connectivity index (χ1v) is 7.78. The molecule has 1 aliphatic carbocycles. The normalized spacial score (nSPS) is 21.5. The number of ketones is 1. The third-order valence-corrected chi connectivity index (χ3v) is 4.38. The molecule has 116 valence electrons. The van der Waals surface area contributed by atoms with Gasteiger partial charge < -0.3 is 4.74 Å². The summed E-state index contributed by atoms with van der Waals surface area (Å²) in [6.45, 7) is 2.27. The zero-order valence-corrected chi connectivity index (χ0v) is 13.0. The first-order chi connectivity index (χ1) is 10.7. The molecular weight excluding hydrogens is 278 g/mol. The number of ether oxygens (including phenoxy) is 1. The van der Waals surface area contributed by atoms with Gasteiger partial charge in [0.2, 0.25) is 5.78 Å². The van der Waals surface area contributed by atoms with Gasteiger partial charge in [-0.25, -0.2) is 4.68 Å². The average Bonchev–Trinajstić information content (AvgIpc) is 3.04. The number of hydrogen-bond donors (Lipinski definition) is 0. The van der Waals surface area contributed by atoms with Gasteiger partial charge in [-0.3, -0.25) is 4.79 Å². The van der Waals surface area contributed by atoms with Gasteiger partial charge >= 0.3 is 0 Å². The molecule has 1 heterocycles. The fraction of sp³-hybridized carbons (Fsp3) is 0.471. The SMILES string of the molecule is COc1ccccc1C(=O)c1cn(C2CCCC(C)C2)nn1. The third-order valence-electron chi connectivity index (χ3n) is 4.38. The van der Waals surface area contributed by atoms with E-state index in [9.17, 15) is 4.79 Å². The maximum Gasteiger partial charge on any atom is 0.218 e. The van der Waals surface area contributed by atoms with Crippen LogP contribution in [0.5, 0.6) is 5.75 Å². The van der Waals surface area contributed by atoms with Gasteiger partial charge in [0.15, 0.2) is 5.69 Å². The largest absolute Gasteiger partial charge is 0.496 e. The van der Waals surface area contributed by atoms with Gasteiger partial charge in [-0.1, -0.05) is 37.1 Å². The molecular formula is C17H21N3O2. The molecule has 2 unspecified atom stereocenters. The van der Waals surface area contributed by atoms with Crippen molar-refractivity contribution >= 4 is 5.78 Å². The number of carbonyl (C=O) groups is 1. The summed E-state index contributed by atoms with van der Waals surface area (Å²) < 4.78 is 7.11. The topological polar surface area (TPSA) is 57.0 Å². The molecule has 2 aromatic rings. The molecule has 0 spiro atoms. The summed E-state index contributed by atoms with van der Waals surface area (Å²) in [6, 6.07) is 7.55. The number of rotatable bonds is 4. The van der Waals surface area contributed by atoms with E-state index < -0.39 is 0 Å². The molecule has 1 aromatic carbocycles. The second-order valence-corrected chi connectivity index (χ2v) is 6.04. The lowest BCUT2D eigenvalue weighted by Crippen LogP contribution is -2.18. The molecule has 0 bridgehead atoms. The maximum atomic E-state index is 12.6. The van der Waals surface area contributed by atoms with Crippen molar-refractivity contribution in [2.24, 2.45) is 5.92 Å². The molecule has 22 heavy (non-hydrogen) atoms. The highest BCUT2D eigenvalue weighted by Gasteiger charge is 2.23. The summed E-state index contributed by atoms with van der Waals surface area (Å²) in [5, 5.41) is 8.26. The quantitative estimate of drug-likeness (QED) is 0.813. The van der Waals surface area contributed by atoms with Crippen molar-refractivity contribution in [3.8, 4) is 5.75 Å². The van der Waals surface area contributed by atoms with Crippen molar-refractivity contribution in [2.75, 3.05) is 7.11 Å². The first-order valence-electron chi connectivity index (χ1n) is 7.78. The Kier molecular flexibility index (Phi) is 4.22. The van der Waals surface area contributed by atoms with E-state index in [1.54, 1.807) is 25.4 Å². The lowest BCUT2D eigenvalue weighted by Gasteiger charge is -2.26. The zero-order valence-electron chi connectivity index (χ0n) is 13.0. The van der Waals surface area contributed by atoms with E-state index in [4.69, 9.17) is 4.74 Å². The van der Waals surface area contributed by atoms with Crippen LogP contribution in [0.15, 0.2) is 30.5 Å². The van der Waals surface area contributed by atoms with Crippen LogP contribution < -0.4 is 4.74 Å². The van der Waals surface area contributed by atoms with Crippen LogP contribution in [0, 0.1) is 5.92 Å². The number of methoxy groups -OCH3 is 1. The number of nitrogens with zero attached hydrogens (tertiary/aromatic N) is 3. The molecule has 2 atom stereocenters. The van der Waals surface area contributed by atoms with Crippen LogP contribution in [-0.4, -0.2) is 27.9 Å². The van der Waals surface area contributed by atoms with E-state index in [1.165, 1.54) is 12.8 Å². The van der Waals surface area contributed by atoms with Gasteiger partial charge in [-0.15, -0.1) is 5.10 Å². The molecule has 3 rings (SSSR count). The van der Waals surface area contributed by atoms with Crippen molar-refractivity contribution in [3.05, 3.63) is 41.7 Å². The Morgan fingerprint density at radius 1 is 1.32 bits per heavy atom. The van der Waals surface area contributed by atoms with Crippen molar-refractivity contribution in [2.45, 2.75) is 38.6 Å². The van der Waals surface area contributed by atoms with E-state index in [2.05, 4.69) is 17.2 Å². The molecule has 0 aliphatic heterocycles. The molecule has 1 saturated carbocycles. The first kappa shape index (κ1) is 14.8. The molecule has 0 radical (unpaired) electrons. The predicted octanol–water partition coefficient (Wildman–Crippen LogP) is 3.27. The second kappa shape index (κ2) is 6.30. The Balaban J connectivity index is 1.82.